The van der Waals surface area contributed by atoms with Crippen LogP contribution in [-0.4, -0.2) is 33.0 Å². The van der Waals surface area contributed by atoms with E-state index in [1.165, 1.54) is 12.1 Å². The highest BCUT2D eigenvalue weighted by Gasteiger charge is 2.30. The van der Waals surface area contributed by atoms with E-state index >= 15 is 0 Å². The lowest BCUT2D eigenvalue weighted by molar-refractivity contribution is -0.137. The highest BCUT2D eigenvalue weighted by atomic mass is 32.2. The van der Waals surface area contributed by atoms with E-state index in [1.807, 2.05) is 42.7 Å². The van der Waals surface area contributed by atoms with Crippen molar-refractivity contribution in [3.63, 3.8) is 0 Å². The Morgan fingerprint density at radius 2 is 1.90 bits per heavy atom. The van der Waals surface area contributed by atoms with Crippen LogP contribution in [0.15, 0.2) is 53.7 Å². The molecule has 3 rings (SSSR count). The first kappa shape index (κ1) is 22.7. The zero-order valence-corrected chi connectivity index (χ0v) is 17.8. The predicted octanol–water partition coefficient (Wildman–Crippen LogP) is 5.11. The molecule has 0 aliphatic carbocycles. The maximum Gasteiger partial charge on any atom is 0.416 e. The van der Waals surface area contributed by atoms with Gasteiger partial charge in [-0.2, -0.15) is 13.2 Å². The van der Waals surface area contributed by atoms with Gasteiger partial charge in [0.15, 0.2) is 11.0 Å². The number of benzene rings is 2. The molecule has 0 radical (unpaired) electrons. The summed E-state index contributed by atoms with van der Waals surface area (Å²) in [6, 6.07) is 12.0. The summed E-state index contributed by atoms with van der Waals surface area (Å²) in [7, 11) is 0. The van der Waals surface area contributed by atoms with Crippen LogP contribution in [-0.2, 0) is 17.5 Å². The minimum atomic E-state index is -4.47. The zero-order chi connectivity index (χ0) is 22.4. The normalized spacial score (nSPS) is 11.4. The Balaban J connectivity index is 1.71. The van der Waals surface area contributed by atoms with Gasteiger partial charge in [-0.25, -0.2) is 0 Å². The fraction of sp³-hybridized carbons (Fsp3) is 0.286. The standard InChI is InChI=1S/C21H21F3N4O2S/c1-3-28-19(16-10-5-6-11-17(16)30-4-2)26-27-20(28)31-13-18(29)25-15-9-7-8-14(12-15)21(22,23)24/h5-12H,3-4,13H2,1-2H3,(H,25,29). The minimum absolute atomic E-state index is 0.0263. The van der Waals surface area contributed by atoms with Gasteiger partial charge in [0, 0.05) is 12.2 Å². The first-order chi connectivity index (χ1) is 14.8. The number of halogens is 3. The molecular weight excluding hydrogens is 429 g/mol. The molecule has 3 aromatic rings. The second-order valence-electron chi connectivity index (χ2n) is 6.40. The van der Waals surface area contributed by atoms with Crippen molar-refractivity contribution in [2.24, 2.45) is 0 Å². The molecule has 10 heteroatoms. The number of ether oxygens (including phenoxy) is 1. The Morgan fingerprint density at radius 3 is 2.61 bits per heavy atom. The Kier molecular flexibility index (Phi) is 7.21. The summed E-state index contributed by atoms with van der Waals surface area (Å²) >= 11 is 1.16. The number of hydrogen-bond donors (Lipinski definition) is 1. The third-order valence-corrected chi connectivity index (χ3v) is 5.23. The molecule has 1 aromatic heterocycles. The molecule has 6 nitrogen and oxygen atoms in total. The molecule has 1 N–H and O–H groups in total. The van der Waals surface area contributed by atoms with Gasteiger partial charge in [-0.05, 0) is 44.2 Å². The summed E-state index contributed by atoms with van der Waals surface area (Å²) in [6.45, 7) is 4.91. The van der Waals surface area contributed by atoms with E-state index < -0.39 is 17.6 Å². The lowest BCUT2D eigenvalue weighted by Crippen LogP contribution is -2.15. The Labute approximate surface area is 181 Å². The molecule has 1 heterocycles. The van der Waals surface area contributed by atoms with Crippen LogP contribution in [0.4, 0.5) is 18.9 Å². The number of amides is 1. The van der Waals surface area contributed by atoms with Crippen LogP contribution in [0.3, 0.4) is 0 Å². The summed E-state index contributed by atoms with van der Waals surface area (Å²) in [5.41, 5.74) is 0.0592. The van der Waals surface area contributed by atoms with E-state index in [0.717, 1.165) is 29.5 Å². The summed E-state index contributed by atoms with van der Waals surface area (Å²) in [6.07, 6.45) is -4.47. The summed E-state index contributed by atoms with van der Waals surface area (Å²) < 4.78 is 46.0. The third kappa shape index (κ3) is 5.57. The maximum atomic E-state index is 12.8. The number of hydrogen-bond acceptors (Lipinski definition) is 5. The third-order valence-electron chi connectivity index (χ3n) is 4.27. The van der Waals surface area contributed by atoms with Crippen LogP contribution < -0.4 is 10.1 Å². The number of thioether (sulfide) groups is 1. The second kappa shape index (κ2) is 9.86. The van der Waals surface area contributed by atoms with Crippen molar-refractivity contribution < 1.29 is 22.7 Å². The van der Waals surface area contributed by atoms with Gasteiger partial charge in [0.1, 0.15) is 5.75 Å². The number of rotatable bonds is 8. The lowest BCUT2D eigenvalue weighted by atomic mass is 10.2. The van der Waals surface area contributed by atoms with Gasteiger partial charge < -0.3 is 14.6 Å². The molecule has 0 spiro atoms. The molecule has 0 fully saturated rings. The lowest BCUT2D eigenvalue weighted by Gasteiger charge is -2.12. The smallest absolute Gasteiger partial charge is 0.416 e. The van der Waals surface area contributed by atoms with E-state index in [4.69, 9.17) is 4.74 Å². The number of nitrogens with one attached hydrogen (secondary N) is 1. The fourth-order valence-corrected chi connectivity index (χ4v) is 3.72. The van der Waals surface area contributed by atoms with Crippen LogP contribution in [0.25, 0.3) is 11.4 Å². The molecule has 0 aliphatic heterocycles. The molecule has 0 bridgehead atoms. The average molecular weight is 450 g/mol. The van der Waals surface area contributed by atoms with Crippen LogP contribution >= 0.6 is 11.8 Å². The van der Waals surface area contributed by atoms with E-state index in [2.05, 4.69) is 15.5 Å². The topological polar surface area (TPSA) is 69.0 Å². The largest absolute Gasteiger partial charge is 0.493 e. The highest BCUT2D eigenvalue weighted by molar-refractivity contribution is 7.99. The number of alkyl halides is 3. The quantitative estimate of drug-likeness (QED) is 0.483. The summed E-state index contributed by atoms with van der Waals surface area (Å²) in [5.74, 6) is 0.839. The van der Waals surface area contributed by atoms with E-state index in [-0.39, 0.29) is 11.4 Å². The molecule has 0 atom stereocenters. The molecule has 31 heavy (non-hydrogen) atoms. The minimum Gasteiger partial charge on any atom is -0.493 e. The first-order valence-electron chi connectivity index (χ1n) is 9.58. The molecule has 0 unspecified atom stereocenters. The number of aromatic nitrogens is 3. The van der Waals surface area contributed by atoms with Crippen LogP contribution in [0.5, 0.6) is 5.75 Å². The molecule has 2 aromatic carbocycles. The Hall–Kier alpha value is -3.01. The monoisotopic (exact) mass is 450 g/mol. The number of para-hydroxylation sites is 1. The number of anilines is 1. The van der Waals surface area contributed by atoms with Crippen molar-refractivity contribution >= 4 is 23.4 Å². The van der Waals surface area contributed by atoms with Gasteiger partial charge >= 0.3 is 6.18 Å². The maximum absolute atomic E-state index is 12.8. The zero-order valence-electron chi connectivity index (χ0n) is 16.9. The van der Waals surface area contributed by atoms with Gasteiger partial charge in [-0.1, -0.05) is 30.0 Å². The summed E-state index contributed by atoms with van der Waals surface area (Å²) in [5, 5.41) is 11.5. The van der Waals surface area contributed by atoms with Crippen molar-refractivity contribution in [2.75, 3.05) is 17.7 Å². The predicted molar refractivity (Wildman–Crippen MR) is 113 cm³/mol. The Morgan fingerprint density at radius 1 is 1.13 bits per heavy atom. The van der Waals surface area contributed by atoms with Crippen LogP contribution in [0.2, 0.25) is 0 Å². The fourth-order valence-electron chi connectivity index (χ4n) is 2.91. The average Bonchev–Trinajstić information content (AvgIpc) is 3.15. The number of carbonyl (C=O) groups excluding carboxylic acids is 1. The van der Waals surface area contributed by atoms with Crippen molar-refractivity contribution in [1.29, 1.82) is 0 Å². The van der Waals surface area contributed by atoms with Crippen molar-refractivity contribution in [3.05, 3.63) is 54.1 Å². The Bertz CT molecular complexity index is 1050. The molecular formula is C21H21F3N4O2S. The van der Waals surface area contributed by atoms with Crippen molar-refractivity contribution in [1.82, 2.24) is 14.8 Å². The highest BCUT2D eigenvalue weighted by Crippen LogP contribution is 2.32. The SMILES string of the molecule is CCOc1ccccc1-c1nnc(SCC(=O)Nc2cccc(C(F)(F)F)c2)n1CC. The van der Waals surface area contributed by atoms with Gasteiger partial charge in [0.2, 0.25) is 5.91 Å². The van der Waals surface area contributed by atoms with Crippen LogP contribution in [0, 0.1) is 0 Å². The van der Waals surface area contributed by atoms with Gasteiger partial charge in [-0.15, -0.1) is 10.2 Å². The molecule has 164 valence electrons. The van der Waals surface area contributed by atoms with E-state index in [9.17, 15) is 18.0 Å². The molecule has 1 amide bonds. The second-order valence-corrected chi connectivity index (χ2v) is 7.34. The van der Waals surface area contributed by atoms with Crippen LogP contribution in [0.1, 0.15) is 19.4 Å². The molecule has 0 aliphatic rings. The molecule has 0 saturated carbocycles. The number of carbonyl (C=O) groups is 1. The molecule has 0 saturated heterocycles. The van der Waals surface area contributed by atoms with Crippen molar-refractivity contribution in [3.8, 4) is 17.1 Å². The van der Waals surface area contributed by atoms with Gasteiger partial charge in [0.25, 0.3) is 0 Å². The first-order valence-corrected chi connectivity index (χ1v) is 10.6. The van der Waals surface area contributed by atoms with E-state index in [0.29, 0.717) is 29.9 Å². The van der Waals surface area contributed by atoms with Gasteiger partial charge in [0.05, 0.1) is 23.5 Å². The summed E-state index contributed by atoms with van der Waals surface area (Å²) in [4.78, 5) is 12.3. The van der Waals surface area contributed by atoms with Gasteiger partial charge in [-0.3, -0.25) is 4.79 Å². The number of nitrogens with zero attached hydrogens (tertiary/aromatic N) is 3. The van der Waals surface area contributed by atoms with E-state index in [1.54, 1.807) is 0 Å². The van der Waals surface area contributed by atoms with Crippen molar-refractivity contribution in [2.45, 2.75) is 31.7 Å².